The lowest BCUT2D eigenvalue weighted by molar-refractivity contribution is 0.0950. The summed E-state index contributed by atoms with van der Waals surface area (Å²) < 4.78 is 24.8. The Morgan fingerprint density at radius 1 is 0.971 bits per heavy atom. The molecule has 3 heterocycles. The molecule has 0 spiro atoms. The van der Waals surface area contributed by atoms with E-state index in [1.165, 1.54) is 26.5 Å². The van der Waals surface area contributed by atoms with Gasteiger partial charge >= 0.3 is 0 Å². The quantitative estimate of drug-likeness (QED) is 0.446. The van der Waals surface area contributed by atoms with E-state index in [2.05, 4.69) is 25.3 Å². The lowest BCUT2D eigenvalue weighted by atomic mass is 10.00. The summed E-state index contributed by atoms with van der Waals surface area (Å²) in [6.45, 7) is 1.99. The van der Waals surface area contributed by atoms with E-state index in [9.17, 15) is 9.18 Å². The molecule has 1 N–H and O–H groups in total. The predicted octanol–water partition coefficient (Wildman–Crippen LogP) is 4.00. The molecular formula is C25H22FN5O3. The van der Waals surface area contributed by atoms with Crippen LogP contribution in [0.2, 0.25) is 0 Å². The van der Waals surface area contributed by atoms with Crippen LogP contribution in [0.5, 0.6) is 11.8 Å². The number of hydrogen-bond donors (Lipinski definition) is 1. The average Bonchev–Trinajstić information content (AvgIpc) is 2.87. The van der Waals surface area contributed by atoms with E-state index in [0.717, 1.165) is 11.1 Å². The Bertz CT molecular complexity index is 1350. The maximum Gasteiger partial charge on any atom is 0.278 e. The molecule has 9 heteroatoms. The molecule has 34 heavy (non-hydrogen) atoms. The molecule has 0 atom stereocenters. The molecule has 172 valence electrons. The molecule has 4 aromatic rings. The van der Waals surface area contributed by atoms with Crippen molar-refractivity contribution < 1.29 is 18.7 Å². The third-order valence-electron chi connectivity index (χ3n) is 5.05. The first-order chi connectivity index (χ1) is 16.5. The fraction of sp³-hybridized carbons (Fsp3) is 0.160. The molecule has 4 rings (SSSR count). The molecule has 0 unspecified atom stereocenters. The van der Waals surface area contributed by atoms with E-state index in [1.807, 2.05) is 13.0 Å². The van der Waals surface area contributed by atoms with Gasteiger partial charge < -0.3 is 14.8 Å². The second kappa shape index (κ2) is 10.0. The van der Waals surface area contributed by atoms with Gasteiger partial charge in [-0.2, -0.15) is 0 Å². The molecule has 3 aromatic heterocycles. The van der Waals surface area contributed by atoms with Gasteiger partial charge in [-0.15, -0.1) is 0 Å². The Kier molecular flexibility index (Phi) is 6.72. The zero-order chi connectivity index (χ0) is 24.1. The number of nitrogens with zero attached hydrogens (tertiary/aromatic N) is 4. The molecule has 8 nitrogen and oxygen atoms in total. The SMILES string of the molecule is COc1ncc(CNC(=O)c2cc(-c3cncc(C)c3)cnc2-c2ccccc2F)nc1OC. The molecule has 0 bridgehead atoms. The topological polar surface area (TPSA) is 99.1 Å². The Labute approximate surface area is 195 Å². The van der Waals surface area contributed by atoms with Gasteiger partial charge in [0.2, 0.25) is 0 Å². The third kappa shape index (κ3) is 4.83. The summed E-state index contributed by atoms with van der Waals surface area (Å²) in [7, 11) is 2.91. The van der Waals surface area contributed by atoms with Crippen LogP contribution >= 0.6 is 0 Å². The van der Waals surface area contributed by atoms with Gasteiger partial charge in [-0.25, -0.2) is 14.4 Å². The second-order valence-corrected chi connectivity index (χ2v) is 7.41. The highest BCUT2D eigenvalue weighted by atomic mass is 19.1. The van der Waals surface area contributed by atoms with Crippen LogP contribution in [0.1, 0.15) is 21.6 Å². The fourth-order valence-electron chi connectivity index (χ4n) is 3.40. The number of hydrogen-bond acceptors (Lipinski definition) is 7. The number of aromatic nitrogens is 4. The number of halogens is 1. The van der Waals surface area contributed by atoms with Crippen LogP contribution in [-0.4, -0.2) is 40.1 Å². The summed E-state index contributed by atoms with van der Waals surface area (Å²) in [5.41, 5.74) is 3.60. The summed E-state index contributed by atoms with van der Waals surface area (Å²) in [5.74, 6) is -0.468. The number of ether oxygens (including phenoxy) is 2. The highest BCUT2D eigenvalue weighted by Gasteiger charge is 2.19. The molecule has 0 radical (unpaired) electrons. The zero-order valence-electron chi connectivity index (χ0n) is 18.9. The molecule has 0 aliphatic heterocycles. The Morgan fingerprint density at radius 2 is 1.74 bits per heavy atom. The van der Waals surface area contributed by atoms with Crippen molar-refractivity contribution in [1.29, 1.82) is 0 Å². The van der Waals surface area contributed by atoms with Crippen LogP contribution in [-0.2, 0) is 6.54 Å². The normalized spacial score (nSPS) is 10.6. The molecule has 0 aliphatic rings. The first kappa shape index (κ1) is 22.8. The standard InChI is InChI=1S/C25H22FN5O3/c1-15-8-16(11-27-10-15)17-9-20(22(28-12-17)19-6-4-5-7-21(19)26)23(32)29-13-18-14-30-24(33-2)25(31-18)34-3/h4-12,14H,13H2,1-3H3,(H,29,32). The average molecular weight is 459 g/mol. The lowest BCUT2D eigenvalue weighted by Gasteiger charge is -2.13. The number of pyridine rings is 2. The van der Waals surface area contributed by atoms with Gasteiger partial charge in [-0.1, -0.05) is 12.1 Å². The highest BCUT2D eigenvalue weighted by molar-refractivity contribution is 6.01. The summed E-state index contributed by atoms with van der Waals surface area (Å²) in [5, 5.41) is 2.81. The van der Waals surface area contributed by atoms with Crippen molar-refractivity contribution in [1.82, 2.24) is 25.3 Å². The largest absolute Gasteiger partial charge is 0.477 e. The molecule has 0 aliphatic carbocycles. The van der Waals surface area contributed by atoms with Crippen LogP contribution in [0.15, 0.2) is 61.2 Å². The molecule has 0 saturated carbocycles. The van der Waals surface area contributed by atoms with Crippen molar-refractivity contribution in [3.8, 4) is 34.1 Å². The first-order valence-corrected chi connectivity index (χ1v) is 10.4. The number of nitrogens with one attached hydrogen (secondary N) is 1. The number of rotatable bonds is 7. The van der Waals surface area contributed by atoms with E-state index in [1.54, 1.807) is 42.9 Å². The van der Waals surface area contributed by atoms with E-state index in [0.29, 0.717) is 11.3 Å². The van der Waals surface area contributed by atoms with Crippen molar-refractivity contribution >= 4 is 5.91 Å². The van der Waals surface area contributed by atoms with E-state index in [-0.39, 0.29) is 35.1 Å². The Morgan fingerprint density at radius 3 is 2.47 bits per heavy atom. The summed E-state index contributed by atoms with van der Waals surface area (Å²) in [6, 6.07) is 9.81. The monoisotopic (exact) mass is 459 g/mol. The molecule has 0 fully saturated rings. The van der Waals surface area contributed by atoms with Crippen LogP contribution in [0.3, 0.4) is 0 Å². The molecule has 1 aromatic carbocycles. The van der Waals surface area contributed by atoms with Gasteiger partial charge in [0.25, 0.3) is 17.7 Å². The molecular weight excluding hydrogens is 437 g/mol. The van der Waals surface area contributed by atoms with Gasteiger partial charge in [0.05, 0.1) is 43.9 Å². The number of carbonyl (C=O) groups excluding carboxylic acids is 1. The van der Waals surface area contributed by atoms with E-state index in [4.69, 9.17) is 9.47 Å². The van der Waals surface area contributed by atoms with Crippen molar-refractivity contribution in [3.05, 3.63) is 83.8 Å². The van der Waals surface area contributed by atoms with Gasteiger partial charge in [0.15, 0.2) is 0 Å². The van der Waals surface area contributed by atoms with Crippen LogP contribution in [0, 0.1) is 12.7 Å². The van der Waals surface area contributed by atoms with Crippen molar-refractivity contribution in [2.75, 3.05) is 14.2 Å². The second-order valence-electron chi connectivity index (χ2n) is 7.41. The van der Waals surface area contributed by atoms with Gasteiger partial charge in [-0.3, -0.25) is 14.8 Å². The van der Waals surface area contributed by atoms with Gasteiger partial charge in [0.1, 0.15) is 5.82 Å². The number of carbonyl (C=O) groups is 1. The maximum atomic E-state index is 14.6. The smallest absolute Gasteiger partial charge is 0.278 e. The third-order valence-corrected chi connectivity index (χ3v) is 5.05. The minimum atomic E-state index is -0.472. The van der Waals surface area contributed by atoms with Crippen molar-refractivity contribution in [3.63, 3.8) is 0 Å². The summed E-state index contributed by atoms with van der Waals surface area (Å²) in [6.07, 6.45) is 6.51. The highest BCUT2D eigenvalue weighted by Crippen LogP contribution is 2.29. The Hall–Kier alpha value is -4.40. The van der Waals surface area contributed by atoms with Crippen molar-refractivity contribution in [2.24, 2.45) is 0 Å². The predicted molar refractivity (Wildman–Crippen MR) is 124 cm³/mol. The van der Waals surface area contributed by atoms with Gasteiger partial charge in [-0.05, 0) is 36.8 Å². The van der Waals surface area contributed by atoms with Crippen molar-refractivity contribution in [2.45, 2.75) is 13.5 Å². The van der Waals surface area contributed by atoms with E-state index < -0.39 is 11.7 Å². The molecule has 0 saturated heterocycles. The minimum Gasteiger partial charge on any atom is -0.477 e. The number of amides is 1. The lowest BCUT2D eigenvalue weighted by Crippen LogP contribution is -2.24. The van der Waals surface area contributed by atoms with Crippen LogP contribution in [0.4, 0.5) is 4.39 Å². The van der Waals surface area contributed by atoms with Gasteiger partial charge in [0, 0.05) is 35.3 Å². The fourth-order valence-corrected chi connectivity index (χ4v) is 3.40. The Balaban J connectivity index is 1.69. The van der Waals surface area contributed by atoms with Crippen LogP contribution < -0.4 is 14.8 Å². The summed E-state index contributed by atoms with van der Waals surface area (Å²) in [4.78, 5) is 30.3. The summed E-state index contributed by atoms with van der Waals surface area (Å²) >= 11 is 0. The number of aryl methyl sites for hydroxylation is 1. The zero-order valence-corrected chi connectivity index (χ0v) is 18.9. The van der Waals surface area contributed by atoms with E-state index >= 15 is 0 Å². The molecule has 1 amide bonds. The minimum absolute atomic E-state index is 0.0686. The number of benzene rings is 1. The number of methoxy groups -OCH3 is 2. The maximum absolute atomic E-state index is 14.6. The first-order valence-electron chi connectivity index (χ1n) is 10.4. The van der Waals surface area contributed by atoms with Crippen LogP contribution in [0.25, 0.3) is 22.4 Å².